The Morgan fingerprint density at radius 2 is 1.11 bits per heavy atom. The lowest BCUT2D eigenvalue weighted by Crippen LogP contribution is -2.10. The summed E-state index contributed by atoms with van der Waals surface area (Å²) in [4.78, 5) is 2.37. The normalized spacial score (nSPS) is 12.2. The first kappa shape index (κ1) is 24.0. The van der Waals surface area contributed by atoms with Gasteiger partial charge in [-0.1, -0.05) is 96.1 Å². The average molecular weight is 492 g/mol. The van der Waals surface area contributed by atoms with E-state index in [1.54, 1.807) is 0 Å². The molecule has 1 aliphatic rings. The van der Waals surface area contributed by atoms with Crippen LogP contribution < -0.4 is 4.90 Å². The number of fused-ring (bicyclic) bond motifs is 1. The second-order valence-electron chi connectivity index (χ2n) is 10.4. The van der Waals surface area contributed by atoms with E-state index in [1.807, 2.05) is 0 Å². The molecule has 0 aromatic heterocycles. The fourth-order valence-electron chi connectivity index (χ4n) is 5.41. The third-order valence-electron chi connectivity index (χ3n) is 7.54. The van der Waals surface area contributed by atoms with Gasteiger partial charge in [0.1, 0.15) is 0 Å². The van der Waals surface area contributed by atoms with Crippen molar-refractivity contribution in [2.45, 2.75) is 33.1 Å². The molecule has 0 saturated heterocycles. The van der Waals surface area contributed by atoms with Crippen LogP contribution in [0.4, 0.5) is 17.1 Å². The molecule has 5 aromatic carbocycles. The first-order valence-corrected chi connectivity index (χ1v) is 13.6. The van der Waals surface area contributed by atoms with E-state index in [0.29, 0.717) is 0 Å². The van der Waals surface area contributed by atoms with Gasteiger partial charge in [0, 0.05) is 17.1 Å². The monoisotopic (exact) mass is 491 g/mol. The Balaban J connectivity index is 1.39. The number of rotatable bonds is 6. The Labute approximate surface area is 226 Å². The predicted octanol–water partition coefficient (Wildman–Crippen LogP) is 9.85. The first-order chi connectivity index (χ1) is 18.6. The van der Waals surface area contributed by atoms with Crippen molar-refractivity contribution in [3.05, 3.63) is 160 Å². The number of anilines is 3. The van der Waals surface area contributed by atoms with Crippen molar-refractivity contribution in [2.24, 2.45) is 0 Å². The predicted molar refractivity (Wildman–Crippen MR) is 162 cm³/mol. The lowest BCUT2D eigenvalue weighted by Gasteiger charge is -2.26. The molecule has 0 unspecified atom stereocenters. The Kier molecular flexibility index (Phi) is 6.67. The molecule has 186 valence electrons. The van der Waals surface area contributed by atoms with Gasteiger partial charge >= 0.3 is 0 Å². The van der Waals surface area contributed by atoms with Crippen molar-refractivity contribution < 1.29 is 0 Å². The number of nitrogens with zero attached hydrogens (tertiary/aromatic N) is 1. The Hall–Kier alpha value is -4.36. The molecule has 5 aromatic rings. The minimum Gasteiger partial charge on any atom is -0.310 e. The van der Waals surface area contributed by atoms with Crippen molar-refractivity contribution in [1.82, 2.24) is 0 Å². The van der Waals surface area contributed by atoms with Gasteiger partial charge in [-0.3, -0.25) is 0 Å². The summed E-state index contributed by atoms with van der Waals surface area (Å²) in [6.45, 7) is 4.27. The zero-order valence-electron chi connectivity index (χ0n) is 22.2. The molecule has 1 nitrogen and oxygen atoms in total. The van der Waals surface area contributed by atoms with Crippen LogP contribution in [0.5, 0.6) is 0 Å². The van der Waals surface area contributed by atoms with Gasteiger partial charge in [-0.2, -0.15) is 0 Å². The van der Waals surface area contributed by atoms with Crippen LogP contribution in [0.1, 0.15) is 45.4 Å². The van der Waals surface area contributed by atoms with Crippen molar-refractivity contribution in [3.8, 4) is 0 Å². The Morgan fingerprint density at radius 3 is 1.74 bits per heavy atom. The zero-order chi connectivity index (χ0) is 25.9. The lowest BCUT2D eigenvalue weighted by atomic mass is 9.94. The van der Waals surface area contributed by atoms with Gasteiger partial charge in [-0.15, -0.1) is 0 Å². The van der Waals surface area contributed by atoms with Gasteiger partial charge in [0.15, 0.2) is 0 Å². The zero-order valence-corrected chi connectivity index (χ0v) is 22.2. The van der Waals surface area contributed by atoms with Crippen LogP contribution in [0.3, 0.4) is 0 Å². The highest BCUT2D eigenvalue weighted by Gasteiger charge is 2.17. The van der Waals surface area contributed by atoms with Gasteiger partial charge in [-0.25, -0.2) is 0 Å². The molecule has 0 N–H and O–H groups in total. The highest BCUT2D eigenvalue weighted by molar-refractivity contribution is 5.92. The van der Waals surface area contributed by atoms with Crippen molar-refractivity contribution in [3.63, 3.8) is 0 Å². The number of hydrogen-bond donors (Lipinski definition) is 0. The highest BCUT2D eigenvalue weighted by Crippen LogP contribution is 2.37. The standard InChI is InChI=1S/C37H33N/c1-27-11-17-31(18-12-27)37(32-19-13-28(2)14-20-32)25-29-15-22-35(23-16-29)38(34-9-4-3-5-10-34)36-24-21-30-7-6-8-33(30)26-36/h3-5,9-26H,6-8H2,1-2H3. The quantitative estimate of drug-likeness (QED) is 0.214. The number of benzene rings is 5. The summed E-state index contributed by atoms with van der Waals surface area (Å²) < 4.78 is 0. The van der Waals surface area contributed by atoms with Crippen LogP contribution in [0.25, 0.3) is 11.6 Å². The summed E-state index contributed by atoms with van der Waals surface area (Å²) in [6.07, 6.45) is 5.94. The van der Waals surface area contributed by atoms with Gasteiger partial charge in [0.2, 0.25) is 0 Å². The van der Waals surface area contributed by atoms with E-state index >= 15 is 0 Å². The maximum absolute atomic E-state index is 2.38. The van der Waals surface area contributed by atoms with E-state index in [4.69, 9.17) is 0 Å². The Morgan fingerprint density at radius 1 is 0.553 bits per heavy atom. The topological polar surface area (TPSA) is 3.24 Å². The highest BCUT2D eigenvalue weighted by atomic mass is 15.1. The second-order valence-corrected chi connectivity index (χ2v) is 10.4. The fraction of sp³-hybridized carbons (Fsp3) is 0.135. The summed E-state index contributed by atoms with van der Waals surface area (Å²) in [5.41, 5.74) is 14.0. The fourth-order valence-corrected chi connectivity index (χ4v) is 5.41. The number of hydrogen-bond acceptors (Lipinski definition) is 1. The van der Waals surface area contributed by atoms with E-state index < -0.39 is 0 Å². The minimum absolute atomic E-state index is 1.17. The molecule has 1 aliphatic carbocycles. The summed E-state index contributed by atoms with van der Waals surface area (Å²) in [7, 11) is 0. The van der Waals surface area contributed by atoms with Gasteiger partial charge in [-0.05, 0) is 109 Å². The van der Waals surface area contributed by atoms with Crippen LogP contribution >= 0.6 is 0 Å². The molecule has 0 aliphatic heterocycles. The smallest absolute Gasteiger partial charge is 0.0464 e. The maximum Gasteiger partial charge on any atom is 0.0464 e. The molecule has 0 heterocycles. The average Bonchev–Trinajstić information content (AvgIpc) is 3.43. The molecule has 0 amide bonds. The van der Waals surface area contributed by atoms with Crippen LogP contribution in [-0.4, -0.2) is 0 Å². The molecule has 0 spiro atoms. The molecule has 6 rings (SSSR count). The van der Waals surface area contributed by atoms with Crippen molar-refractivity contribution in [2.75, 3.05) is 4.90 Å². The summed E-state index contributed by atoms with van der Waals surface area (Å²) in [6, 6.07) is 44.3. The number of aryl methyl sites for hydroxylation is 4. The molecule has 0 bridgehead atoms. The van der Waals surface area contributed by atoms with Gasteiger partial charge in [0.05, 0.1) is 0 Å². The lowest BCUT2D eigenvalue weighted by molar-refractivity contribution is 0.912. The second kappa shape index (κ2) is 10.6. The first-order valence-electron chi connectivity index (χ1n) is 13.6. The van der Waals surface area contributed by atoms with Gasteiger partial charge in [0.25, 0.3) is 0 Å². The van der Waals surface area contributed by atoms with Gasteiger partial charge < -0.3 is 4.90 Å². The third-order valence-corrected chi connectivity index (χ3v) is 7.54. The SMILES string of the molecule is Cc1ccc(C(=Cc2ccc(N(c3ccccc3)c3ccc4c(c3)CCC4)cc2)c2ccc(C)cc2)cc1. The molecule has 38 heavy (non-hydrogen) atoms. The Bertz CT molecular complexity index is 1510. The molecular weight excluding hydrogens is 458 g/mol. The van der Waals surface area contributed by atoms with E-state index in [2.05, 4.69) is 146 Å². The molecule has 1 heteroatoms. The van der Waals surface area contributed by atoms with Crippen molar-refractivity contribution >= 4 is 28.7 Å². The van der Waals surface area contributed by atoms with Crippen LogP contribution in [0, 0.1) is 13.8 Å². The largest absolute Gasteiger partial charge is 0.310 e. The van der Waals surface area contributed by atoms with Crippen LogP contribution in [-0.2, 0) is 12.8 Å². The van der Waals surface area contributed by atoms with E-state index in [-0.39, 0.29) is 0 Å². The van der Waals surface area contributed by atoms with E-state index in [9.17, 15) is 0 Å². The molecule has 0 saturated carbocycles. The third kappa shape index (κ3) is 5.06. The van der Waals surface area contributed by atoms with E-state index in [0.717, 1.165) is 0 Å². The number of para-hydroxylation sites is 1. The summed E-state index contributed by atoms with van der Waals surface area (Å²) in [5, 5.41) is 0. The molecule has 0 fully saturated rings. The van der Waals surface area contributed by atoms with Crippen molar-refractivity contribution in [1.29, 1.82) is 0 Å². The van der Waals surface area contributed by atoms with Crippen LogP contribution in [0.15, 0.2) is 121 Å². The summed E-state index contributed by atoms with van der Waals surface area (Å²) >= 11 is 0. The minimum atomic E-state index is 1.17. The van der Waals surface area contributed by atoms with E-state index in [1.165, 1.54) is 80.8 Å². The molecular formula is C37H33N. The molecule has 0 atom stereocenters. The maximum atomic E-state index is 2.38. The van der Waals surface area contributed by atoms with Crippen LogP contribution in [0.2, 0.25) is 0 Å². The molecule has 0 radical (unpaired) electrons. The summed E-state index contributed by atoms with van der Waals surface area (Å²) in [5.74, 6) is 0.